The molecule has 2 aliphatic heterocycles. The van der Waals surface area contributed by atoms with Crippen molar-refractivity contribution < 1.29 is 4.79 Å². The predicted molar refractivity (Wildman–Crippen MR) is 121 cm³/mol. The Morgan fingerprint density at radius 1 is 0.969 bits per heavy atom. The maximum absolute atomic E-state index is 11.8. The van der Waals surface area contributed by atoms with Gasteiger partial charge in [0.15, 0.2) is 11.5 Å². The molecule has 9 heteroatoms. The lowest BCUT2D eigenvalue weighted by atomic mass is 10.0. The van der Waals surface area contributed by atoms with E-state index in [4.69, 9.17) is 0 Å². The molecule has 32 heavy (non-hydrogen) atoms. The minimum absolute atomic E-state index is 0.0324. The number of benzene rings is 1. The van der Waals surface area contributed by atoms with Gasteiger partial charge in [-0.25, -0.2) is 19.5 Å². The van der Waals surface area contributed by atoms with Crippen molar-refractivity contribution in [2.75, 3.05) is 23.3 Å². The highest BCUT2D eigenvalue weighted by Gasteiger charge is 2.20. The van der Waals surface area contributed by atoms with Gasteiger partial charge in [-0.15, -0.1) is 0 Å². The van der Waals surface area contributed by atoms with Crippen LogP contribution in [0, 0.1) is 0 Å². The number of carbonyl (C=O) groups excluding carboxylic acids is 1. The van der Waals surface area contributed by atoms with Crippen molar-refractivity contribution in [2.45, 2.75) is 25.8 Å². The minimum atomic E-state index is -0.0324. The van der Waals surface area contributed by atoms with E-state index in [9.17, 15) is 4.79 Å². The normalized spacial score (nSPS) is 15.6. The van der Waals surface area contributed by atoms with E-state index < -0.39 is 0 Å². The molecule has 0 radical (unpaired) electrons. The molecule has 0 atom stereocenters. The lowest BCUT2D eigenvalue weighted by molar-refractivity contribution is 0.0966. The minimum Gasteiger partial charge on any atom is -0.357 e. The fourth-order valence-corrected chi connectivity index (χ4v) is 4.40. The summed E-state index contributed by atoms with van der Waals surface area (Å²) in [7, 11) is 0. The van der Waals surface area contributed by atoms with Gasteiger partial charge in [-0.1, -0.05) is 6.07 Å². The van der Waals surface area contributed by atoms with E-state index in [1.165, 1.54) is 25.6 Å². The first kappa shape index (κ1) is 18.7. The molecule has 0 spiro atoms. The average molecular weight is 426 g/mol. The van der Waals surface area contributed by atoms with E-state index in [-0.39, 0.29) is 5.91 Å². The zero-order chi connectivity index (χ0) is 21.5. The van der Waals surface area contributed by atoms with Crippen molar-refractivity contribution in [2.24, 2.45) is 0 Å². The van der Waals surface area contributed by atoms with Crippen LogP contribution in [0.1, 0.15) is 35.2 Å². The van der Waals surface area contributed by atoms with E-state index >= 15 is 0 Å². The van der Waals surface area contributed by atoms with E-state index in [0.717, 1.165) is 47.0 Å². The number of hydrogen-bond donors (Lipinski definition) is 2. The smallest absolute Gasteiger partial charge is 0.251 e. The van der Waals surface area contributed by atoms with Gasteiger partial charge in [0.1, 0.15) is 12.1 Å². The highest BCUT2D eigenvalue weighted by molar-refractivity contribution is 5.98. The summed E-state index contributed by atoms with van der Waals surface area (Å²) >= 11 is 0. The number of nitrogens with zero attached hydrogens (tertiary/aromatic N) is 6. The first-order valence-corrected chi connectivity index (χ1v) is 10.8. The van der Waals surface area contributed by atoms with Gasteiger partial charge in [-0.05, 0) is 49.1 Å². The molecule has 0 aliphatic carbocycles. The molecule has 2 aliphatic rings. The highest BCUT2D eigenvalue weighted by atomic mass is 16.1. The molecule has 1 amide bonds. The molecular formula is C23H22N8O. The Bertz CT molecular complexity index is 1310. The molecule has 160 valence electrons. The topological polar surface area (TPSA) is 100 Å². The van der Waals surface area contributed by atoms with Crippen LogP contribution in [0.2, 0.25) is 0 Å². The summed E-state index contributed by atoms with van der Waals surface area (Å²) in [5, 5.41) is 10.6. The summed E-state index contributed by atoms with van der Waals surface area (Å²) in [6.45, 7) is 2.67. The van der Waals surface area contributed by atoms with Crippen molar-refractivity contribution in [1.82, 2.24) is 29.9 Å². The lowest BCUT2D eigenvalue weighted by Gasteiger charge is -2.27. The average Bonchev–Trinajstić information content (AvgIpc) is 3.48. The lowest BCUT2D eigenvalue weighted by Crippen LogP contribution is -2.29. The van der Waals surface area contributed by atoms with Crippen LogP contribution in [-0.4, -0.2) is 43.6 Å². The Morgan fingerprint density at radius 3 is 2.72 bits per heavy atom. The second-order valence-corrected chi connectivity index (χ2v) is 8.12. The molecule has 0 unspecified atom stereocenters. The number of pyridine rings is 1. The molecule has 5 heterocycles. The van der Waals surface area contributed by atoms with Crippen LogP contribution in [0.15, 0.2) is 49.1 Å². The predicted octanol–water partition coefficient (Wildman–Crippen LogP) is 3.16. The van der Waals surface area contributed by atoms with Gasteiger partial charge in [-0.3, -0.25) is 4.79 Å². The standard InChI is InChI=1S/C23H22N8O/c32-23-18-6-4-15(10-16(18)11-26-23)19-13-25-21(22-27-14-28-31(19)22)29-17-5-7-20(24-12-17)30-8-2-1-3-9-30/h4-7,10,12-14H,1-3,8-9,11H2,(H,25,29)(H,26,32). The van der Waals surface area contributed by atoms with E-state index in [0.29, 0.717) is 18.0 Å². The Labute approximate surface area is 184 Å². The molecule has 3 aromatic heterocycles. The zero-order valence-corrected chi connectivity index (χ0v) is 17.5. The van der Waals surface area contributed by atoms with Crippen LogP contribution in [-0.2, 0) is 6.54 Å². The molecule has 9 nitrogen and oxygen atoms in total. The van der Waals surface area contributed by atoms with Gasteiger partial charge >= 0.3 is 0 Å². The van der Waals surface area contributed by atoms with Gasteiger partial charge in [0, 0.05) is 30.8 Å². The molecule has 0 bridgehead atoms. The summed E-state index contributed by atoms with van der Waals surface area (Å²) in [6, 6.07) is 9.82. The van der Waals surface area contributed by atoms with Crippen LogP contribution in [0.25, 0.3) is 16.9 Å². The second kappa shape index (κ2) is 7.60. The molecular weight excluding hydrogens is 404 g/mol. The van der Waals surface area contributed by atoms with Crippen molar-refractivity contribution in [3.05, 3.63) is 60.2 Å². The van der Waals surface area contributed by atoms with E-state index in [2.05, 4.69) is 35.6 Å². The van der Waals surface area contributed by atoms with E-state index in [1.54, 1.807) is 10.7 Å². The summed E-state index contributed by atoms with van der Waals surface area (Å²) in [6.07, 6.45) is 8.86. The van der Waals surface area contributed by atoms with Crippen LogP contribution in [0.5, 0.6) is 0 Å². The van der Waals surface area contributed by atoms with Gasteiger partial charge in [0.05, 0.1) is 23.8 Å². The summed E-state index contributed by atoms with van der Waals surface area (Å²) in [4.78, 5) is 27.8. The molecule has 1 fully saturated rings. The molecule has 2 N–H and O–H groups in total. The number of anilines is 3. The van der Waals surface area contributed by atoms with Crippen LogP contribution in [0.3, 0.4) is 0 Å². The van der Waals surface area contributed by atoms with Gasteiger partial charge < -0.3 is 15.5 Å². The Morgan fingerprint density at radius 2 is 1.88 bits per heavy atom. The van der Waals surface area contributed by atoms with Gasteiger partial charge in [0.2, 0.25) is 0 Å². The number of rotatable bonds is 4. The number of carbonyl (C=O) groups is 1. The second-order valence-electron chi connectivity index (χ2n) is 8.12. The fraction of sp³-hybridized carbons (Fsp3) is 0.261. The third-order valence-electron chi connectivity index (χ3n) is 6.08. The molecule has 0 saturated carbocycles. The van der Waals surface area contributed by atoms with Crippen molar-refractivity contribution in [3.63, 3.8) is 0 Å². The van der Waals surface area contributed by atoms with Crippen LogP contribution >= 0.6 is 0 Å². The third-order valence-corrected chi connectivity index (χ3v) is 6.08. The number of amides is 1. The number of hydrogen-bond acceptors (Lipinski definition) is 7. The number of nitrogens with one attached hydrogen (secondary N) is 2. The maximum Gasteiger partial charge on any atom is 0.251 e. The molecule has 6 rings (SSSR count). The maximum atomic E-state index is 11.8. The Hall–Kier alpha value is -4.01. The summed E-state index contributed by atoms with van der Waals surface area (Å²) < 4.78 is 1.76. The van der Waals surface area contributed by atoms with E-state index in [1.807, 2.05) is 36.5 Å². The largest absolute Gasteiger partial charge is 0.357 e. The van der Waals surface area contributed by atoms with Gasteiger partial charge in [-0.2, -0.15) is 5.10 Å². The number of piperidine rings is 1. The highest BCUT2D eigenvalue weighted by Crippen LogP contribution is 2.28. The monoisotopic (exact) mass is 426 g/mol. The van der Waals surface area contributed by atoms with Crippen LogP contribution in [0.4, 0.5) is 17.3 Å². The molecule has 4 aromatic rings. The molecule has 1 aromatic carbocycles. The fourth-order valence-electron chi connectivity index (χ4n) is 4.40. The quantitative estimate of drug-likeness (QED) is 0.517. The van der Waals surface area contributed by atoms with Crippen LogP contribution < -0.4 is 15.5 Å². The molecule has 1 saturated heterocycles. The van der Waals surface area contributed by atoms with Crippen molar-refractivity contribution >= 4 is 28.9 Å². The first-order valence-electron chi connectivity index (χ1n) is 10.8. The summed E-state index contributed by atoms with van der Waals surface area (Å²) in [5.41, 5.74) is 4.90. The zero-order valence-electron chi connectivity index (χ0n) is 17.5. The first-order chi connectivity index (χ1) is 15.8. The Balaban J connectivity index is 1.29. The summed E-state index contributed by atoms with van der Waals surface area (Å²) in [5.74, 6) is 1.59. The number of aromatic nitrogens is 5. The third kappa shape index (κ3) is 3.22. The SMILES string of the molecule is O=C1NCc2cc(-c3cnc(Nc4ccc(N5CCCCC5)nc4)c4ncnn34)ccc21. The Kier molecular flexibility index (Phi) is 4.45. The van der Waals surface area contributed by atoms with Crippen molar-refractivity contribution in [1.29, 1.82) is 0 Å². The van der Waals surface area contributed by atoms with Gasteiger partial charge in [0.25, 0.3) is 5.91 Å². The van der Waals surface area contributed by atoms with Crippen molar-refractivity contribution in [3.8, 4) is 11.3 Å². The number of fused-ring (bicyclic) bond motifs is 2.